The van der Waals surface area contributed by atoms with Crippen LogP contribution in [0.5, 0.6) is 0 Å². The first-order valence-corrected chi connectivity index (χ1v) is 8.79. The van der Waals surface area contributed by atoms with E-state index < -0.39 is 0 Å². The fourth-order valence-electron chi connectivity index (χ4n) is 3.55. The van der Waals surface area contributed by atoms with Crippen molar-refractivity contribution in [3.63, 3.8) is 0 Å². The van der Waals surface area contributed by atoms with Crippen LogP contribution in [0.15, 0.2) is 30.3 Å². The van der Waals surface area contributed by atoms with Crippen LogP contribution in [0, 0.1) is 12.7 Å². The lowest BCUT2D eigenvalue weighted by molar-refractivity contribution is 0.0450. The molecule has 2 fully saturated rings. The van der Waals surface area contributed by atoms with Crippen molar-refractivity contribution in [1.29, 1.82) is 0 Å². The van der Waals surface area contributed by atoms with Gasteiger partial charge in [-0.3, -0.25) is 4.79 Å². The third-order valence-electron chi connectivity index (χ3n) is 4.99. The number of amides is 1. The van der Waals surface area contributed by atoms with Gasteiger partial charge < -0.3 is 9.80 Å². The summed E-state index contributed by atoms with van der Waals surface area (Å²) >= 11 is 0. The highest BCUT2D eigenvalue weighted by atomic mass is 19.1. The van der Waals surface area contributed by atoms with Gasteiger partial charge in [0.05, 0.1) is 11.7 Å². The van der Waals surface area contributed by atoms with Gasteiger partial charge in [-0.2, -0.15) is 0 Å². The average molecular weight is 340 g/mol. The van der Waals surface area contributed by atoms with Gasteiger partial charge >= 0.3 is 0 Å². The zero-order valence-corrected chi connectivity index (χ0v) is 14.3. The molecule has 1 aromatic heterocycles. The van der Waals surface area contributed by atoms with E-state index in [1.165, 1.54) is 37.1 Å². The standard InChI is InChI=1S/C19H21FN4O/c1-13-21-16(12-18(22-13)23-9-2-3-10-23)17-8-11-24(17)19(25)14-4-6-15(20)7-5-14/h4-7,12,17H,2-3,8-11H2,1H3/t17-/m1/s1. The number of anilines is 1. The van der Waals surface area contributed by atoms with Crippen molar-refractivity contribution in [2.24, 2.45) is 0 Å². The van der Waals surface area contributed by atoms with E-state index in [0.29, 0.717) is 12.1 Å². The van der Waals surface area contributed by atoms with Gasteiger partial charge in [0.1, 0.15) is 17.5 Å². The van der Waals surface area contributed by atoms with Gasteiger partial charge in [0, 0.05) is 31.3 Å². The maximum absolute atomic E-state index is 13.1. The monoisotopic (exact) mass is 340 g/mol. The van der Waals surface area contributed by atoms with Crippen molar-refractivity contribution >= 4 is 11.7 Å². The van der Waals surface area contributed by atoms with E-state index in [1.807, 2.05) is 17.9 Å². The number of hydrogen-bond acceptors (Lipinski definition) is 4. The number of carbonyl (C=O) groups excluding carboxylic acids is 1. The van der Waals surface area contributed by atoms with Crippen LogP contribution in [0.1, 0.15) is 47.2 Å². The lowest BCUT2D eigenvalue weighted by Crippen LogP contribution is -2.45. The predicted molar refractivity (Wildman–Crippen MR) is 93.0 cm³/mol. The molecule has 0 N–H and O–H groups in total. The first-order chi connectivity index (χ1) is 12.1. The van der Waals surface area contributed by atoms with Gasteiger partial charge in [-0.25, -0.2) is 14.4 Å². The van der Waals surface area contributed by atoms with Crippen molar-refractivity contribution in [1.82, 2.24) is 14.9 Å². The Labute approximate surface area is 146 Å². The van der Waals surface area contributed by atoms with E-state index in [2.05, 4.69) is 14.9 Å². The van der Waals surface area contributed by atoms with Crippen LogP contribution in [-0.2, 0) is 0 Å². The summed E-state index contributed by atoms with van der Waals surface area (Å²) in [5.41, 5.74) is 1.41. The normalized spacial score (nSPS) is 19.8. The summed E-state index contributed by atoms with van der Waals surface area (Å²) in [4.78, 5) is 25.9. The van der Waals surface area contributed by atoms with E-state index in [4.69, 9.17) is 0 Å². The summed E-state index contributed by atoms with van der Waals surface area (Å²) in [7, 11) is 0. The fraction of sp³-hybridized carbons (Fsp3) is 0.421. The number of halogens is 1. The van der Waals surface area contributed by atoms with E-state index in [9.17, 15) is 9.18 Å². The molecule has 0 radical (unpaired) electrons. The molecule has 0 unspecified atom stereocenters. The number of nitrogens with zero attached hydrogens (tertiary/aromatic N) is 4. The molecule has 4 rings (SSSR count). The van der Waals surface area contributed by atoms with Crippen LogP contribution >= 0.6 is 0 Å². The minimum atomic E-state index is -0.335. The molecule has 130 valence electrons. The zero-order valence-electron chi connectivity index (χ0n) is 14.3. The average Bonchev–Trinajstić information content (AvgIpc) is 3.08. The smallest absolute Gasteiger partial charge is 0.254 e. The second-order valence-corrected chi connectivity index (χ2v) is 6.70. The van der Waals surface area contributed by atoms with Crippen LogP contribution in [0.3, 0.4) is 0 Å². The van der Waals surface area contributed by atoms with Gasteiger partial charge in [-0.15, -0.1) is 0 Å². The molecular formula is C19H21FN4O. The molecule has 0 aliphatic carbocycles. The van der Waals surface area contributed by atoms with E-state index in [1.54, 1.807) is 0 Å². The SMILES string of the molecule is Cc1nc([C@H]2CCN2C(=O)c2ccc(F)cc2)cc(N2CCCC2)n1. The molecule has 0 saturated carbocycles. The van der Waals surface area contributed by atoms with Crippen LogP contribution in [0.2, 0.25) is 0 Å². The number of hydrogen-bond donors (Lipinski definition) is 0. The van der Waals surface area contributed by atoms with Crippen molar-refractivity contribution in [2.75, 3.05) is 24.5 Å². The molecule has 1 amide bonds. The lowest BCUT2D eigenvalue weighted by atomic mass is 9.97. The summed E-state index contributed by atoms with van der Waals surface area (Å²) in [6.07, 6.45) is 3.27. The number of aryl methyl sites for hydroxylation is 1. The van der Waals surface area contributed by atoms with Crippen LogP contribution in [0.4, 0.5) is 10.2 Å². The van der Waals surface area contributed by atoms with Crippen molar-refractivity contribution < 1.29 is 9.18 Å². The molecular weight excluding hydrogens is 319 g/mol. The summed E-state index contributed by atoms with van der Waals surface area (Å²) in [6, 6.07) is 7.71. The molecule has 2 aliphatic rings. The summed E-state index contributed by atoms with van der Waals surface area (Å²) in [5, 5.41) is 0. The van der Waals surface area contributed by atoms with Crippen LogP contribution < -0.4 is 4.90 Å². The number of carbonyl (C=O) groups is 1. The van der Waals surface area contributed by atoms with Crippen LogP contribution in [0.25, 0.3) is 0 Å². The topological polar surface area (TPSA) is 49.3 Å². The third-order valence-corrected chi connectivity index (χ3v) is 4.99. The summed E-state index contributed by atoms with van der Waals surface area (Å²) in [5.74, 6) is 1.29. The second kappa shape index (κ2) is 6.43. The van der Waals surface area contributed by atoms with E-state index in [-0.39, 0.29) is 17.8 Å². The van der Waals surface area contributed by atoms with Gasteiger partial charge in [0.2, 0.25) is 0 Å². The van der Waals surface area contributed by atoms with Crippen molar-refractivity contribution in [3.05, 3.63) is 53.2 Å². The summed E-state index contributed by atoms with van der Waals surface area (Å²) < 4.78 is 13.1. The quantitative estimate of drug-likeness (QED) is 0.861. The van der Waals surface area contributed by atoms with E-state index in [0.717, 1.165) is 36.8 Å². The largest absolute Gasteiger partial charge is 0.357 e. The Bertz CT molecular complexity index is 787. The summed E-state index contributed by atoms with van der Waals surface area (Å²) in [6.45, 7) is 4.65. The zero-order chi connectivity index (χ0) is 17.4. The first-order valence-electron chi connectivity index (χ1n) is 8.79. The molecule has 1 atom stereocenters. The molecule has 2 aromatic rings. The maximum Gasteiger partial charge on any atom is 0.254 e. The number of likely N-dealkylation sites (tertiary alicyclic amines) is 1. The Kier molecular flexibility index (Phi) is 4.11. The lowest BCUT2D eigenvalue weighted by Gasteiger charge is -2.41. The van der Waals surface area contributed by atoms with Gasteiger partial charge in [0.25, 0.3) is 5.91 Å². The third kappa shape index (κ3) is 3.08. The minimum Gasteiger partial charge on any atom is -0.357 e. The van der Waals surface area contributed by atoms with Crippen LogP contribution in [-0.4, -0.2) is 40.4 Å². The Morgan fingerprint density at radius 2 is 1.84 bits per heavy atom. The minimum absolute atomic E-state index is 0.0272. The molecule has 25 heavy (non-hydrogen) atoms. The second-order valence-electron chi connectivity index (χ2n) is 6.70. The molecule has 2 aliphatic heterocycles. The molecule has 2 saturated heterocycles. The highest BCUT2D eigenvalue weighted by molar-refractivity contribution is 5.95. The predicted octanol–water partition coefficient (Wildman–Crippen LogP) is 3.11. The highest BCUT2D eigenvalue weighted by Gasteiger charge is 2.35. The molecule has 0 bridgehead atoms. The van der Waals surface area contributed by atoms with Gasteiger partial charge in [-0.1, -0.05) is 0 Å². The highest BCUT2D eigenvalue weighted by Crippen LogP contribution is 2.35. The van der Waals surface area contributed by atoms with Crippen molar-refractivity contribution in [2.45, 2.75) is 32.2 Å². The van der Waals surface area contributed by atoms with E-state index >= 15 is 0 Å². The van der Waals surface area contributed by atoms with Crippen molar-refractivity contribution in [3.8, 4) is 0 Å². The number of aromatic nitrogens is 2. The maximum atomic E-state index is 13.1. The van der Waals surface area contributed by atoms with Gasteiger partial charge in [0.15, 0.2) is 0 Å². The molecule has 0 spiro atoms. The number of benzene rings is 1. The molecule has 6 heteroatoms. The molecule has 5 nitrogen and oxygen atoms in total. The Hall–Kier alpha value is -2.50. The number of rotatable bonds is 3. The Morgan fingerprint density at radius 3 is 2.48 bits per heavy atom. The molecule has 3 heterocycles. The Balaban J connectivity index is 1.57. The fourth-order valence-corrected chi connectivity index (χ4v) is 3.55. The first kappa shape index (κ1) is 16.0. The molecule has 1 aromatic carbocycles. The Morgan fingerprint density at radius 1 is 1.12 bits per heavy atom. The van der Waals surface area contributed by atoms with Gasteiger partial charge in [-0.05, 0) is 50.5 Å².